The van der Waals surface area contributed by atoms with Gasteiger partial charge in [0.15, 0.2) is 11.0 Å². The van der Waals surface area contributed by atoms with Crippen LogP contribution >= 0.6 is 11.8 Å². The van der Waals surface area contributed by atoms with Crippen molar-refractivity contribution < 1.29 is 4.79 Å². The zero-order valence-electron chi connectivity index (χ0n) is 20.5. The number of hydrogen-bond donors (Lipinski definition) is 1. The predicted octanol–water partition coefficient (Wildman–Crippen LogP) is 5.23. The van der Waals surface area contributed by atoms with E-state index in [2.05, 4.69) is 27.3 Å². The lowest BCUT2D eigenvalue weighted by Crippen LogP contribution is -2.20. The minimum absolute atomic E-state index is 0.135. The summed E-state index contributed by atoms with van der Waals surface area (Å²) < 4.78 is 3.74. The van der Waals surface area contributed by atoms with Crippen LogP contribution in [0.3, 0.4) is 0 Å². The predicted molar refractivity (Wildman–Crippen MR) is 151 cm³/mol. The number of nitrogens with one attached hydrogen (secondary N) is 1. The zero-order chi connectivity index (χ0) is 26.2. The molecule has 0 unspecified atom stereocenters. The number of para-hydroxylation sites is 1. The summed E-state index contributed by atoms with van der Waals surface area (Å²) in [5.74, 6) is 0.614. The SMILES string of the molecule is C=CCn1c(SCC(=O)NN=Cc2cn(-c3ccccc3)nc2-c2ccccc2)nnc1-c1ccccc1. The molecule has 3 aromatic carbocycles. The van der Waals surface area contributed by atoms with Crippen molar-refractivity contribution in [3.8, 4) is 28.3 Å². The molecular weight excluding hydrogens is 494 g/mol. The highest BCUT2D eigenvalue weighted by Crippen LogP contribution is 2.24. The van der Waals surface area contributed by atoms with Gasteiger partial charge in [-0.1, -0.05) is 96.7 Å². The number of benzene rings is 3. The van der Waals surface area contributed by atoms with E-state index in [0.717, 1.165) is 33.9 Å². The second-order valence-corrected chi connectivity index (χ2v) is 9.18. The molecule has 0 aliphatic heterocycles. The minimum atomic E-state index is -0.252. The van der Waals surface area contributed by atoms with Gasteiger partial charge in [-0.15, -0.1) is 16.8 Å². The van der Waals surface area contributed by atoms with Gasteiger partial charge in [0.25, 0.3) is 5.91 Å². The Labute approximate surface area is 224 Å². The summed E-state index contributed by atoms with van der Waals surface area (Å²) in [6.07, 6.45) is 5.29. The maximum atomic E-state index is 12.6. The van der Waals surface area contributed by atoms with Gasteiger partial charge in [-0.3, -0.25) is 9.36 Å². The second kappa shape index (κ2) is 12.0. The van der Waals surface area contributed by atoms with Crippen molar-refractivity contribution in [2.75, 3.05) is 5.75 Å². The number of rotatable bonds is 10. The van der Waals surface area contributed by atoms with E-state index in [1.165, 1.54) is 11.8 Å². The minimum Gasteiger partial charge on any atom is -0.298 e. The number of amides is 1. The monoisotopic (exact) mass is 519 g/mol. The molecule has 38 heavy (non-hydrogen) atoms. The number of aromatic nitrogens is 5. The van der Waals surface area contributed by atoms with E-state index in [4.69, 9.17) is 5.10 Å². The van der Waals surface area contributed by atoms with Gasteiger partial charge >= 0.3 is 0 Å². The Balaban J connectivity index is 1.28. The maximum absolute atomic E-state index is 12.6. The fraction of sp³-hybridized carbons (Fsp3) is 0.0690. The van der Waals surface area contributed by atoms with E-state index in [0.29, 0.717) is 11.7 Å². The number of allylic oxidation sites excluding steroid dienone is 1. The van der Waals surface area contributed by atoms with Crippen LogP contribution < -0.4 is 5.43 Å². The summed E-state index contributed by atoms with van der Waals surface area (Å²) in [5.41, 5.74) is 7.01. The van der Waals surface area contributed by atoms with Crippen LogP contribution in [0.2, 0.25) is 0 Å². The van der Waals surface area contributed by atoms with Crippen molar-refractivity contribution in [3.63, 3.8) is 0 Å². The lowest BCUT2D eigenvalue weighted by atomic mass is 10.1. The summed E-state index contributed by atoms with van der Waals surface area (Å²) in [4.78, 5) is 12.6. The number of thioether (sulfide) groups is 1. The van der Waals surface area contributed by atoms with Crippen molar-refractivity contribution >= 4 is 23.9 Å². The first-order valence-electron chi connectivity index (χ1n) is 12.0. The largest absolute Gasteiger partial charge is 0.298 e. The van der Waals surface area contributed by atoms with E-state index < -0.39 is 0 Å². The molecule has 0 saturated carbocycles. The number of hydrazone groups is 1. The van der Waals surface area contributed by atoms with Crippen LogP contribution in [-0.4, -0.2) is 42.4 Å². The van der Waals surface area contributed by atoms with Crippen LogP contribution in [0.4, 0.5) is 0 Å². The van der Waals surface area contributed by atoms with Crippen LogP contribution in [0.25, 0.3) is 28.3 Å². The number of carbonyl (C=O) groups is 1. The molecule has 2 aromatic heterocycles. The maximum Gasteiger partial charge on any atom is 0.250 e. The average molecular weight is 520 g/mol. The molecule has 0 spiro atoms. The van der Waals surface area contributed by atoms with Crippen LogP contribution in [0.5, 0.6) is 0 Å². The molecule has 0 radical (unpaired) electrons. The molecule has 188 valence electrons. The second-order valence-electron chi connectivity index (χ2n) is 8.23. The summed E-state index contributed by atoms with van der Waals surface area (Å²) in [6.45, 7) is 4.37. The number of nitrogens with zero attached hydrogens (tertiary/aromatic N) is 6. The molecule has 9 heteroatoms. The highest BCUT2D eigenvalue weighted by molar-refractivity contribution is 7.99. The lowest BCUT2D eigenvalue weighted by Gasteiger charge is -2.07. The van der Waals surface area contributed by atoms with Gasteiger partial charge in [0.2, 0.25) is 0 Å². The van der Waals surface area contributed by atoms with Crippen molar-refractivity contribution in [2.45, 2.75) is 11.7 Å². The van der Waals surface area contributed by atoms with Crippen molar-refractivity contribution in [1.29, 1.82) is 0 Å². The van der Waals surface area contributed by atoms with Gasteiger partial charge in [-0.25, -0.2) is 10.1 Å². The fourth-order valence-corrected chi connectivity index (χ4v) is 4.58. The van der Waals surface area contributed by atoms with E-state index in [-0.39, 0.29) is 11.7 Å². The first-order valence-corrected chi connectivity index (χ1v) is 13.0. The molecule has 0 saturated heterocycles. The third-order valence-corrected chi connectivity index (χ3v) is 6.56. The molecule has 0 aliphatic carbocycles. The molecule has 2 heterocycles. The van der Waals surface area contributed by atoms with Gasteiger partial charge < -0.3 is 0 Å². The molecule has 0 aliphatic rings. The molecule has 0 atom stereocenters. The molecular formula is C29H25N7OS. The lowest BCUT2D eigenvalue weighted by molar-refractivity contribution is -0.118. The quantitative estimate of drug-likeness (QED) is 0.118. The Kier molecular flexibility index (Phi) is 7.86. The number of carbonyl (C=O) groups excluding carboxylic acids is 1. The molecule has 5 rings (SSSR count). The average Bonchev–Trinajstić information content (AvgIpc) is 3.58. The van der Waals surface area contributed by atoms with Crippen LogP contribution in [-0.2, 0) is 11.3 Å². The Morgan fingerprint density at radius 3 is 2.26 bits per heavy atom. The highest BCUT2D eigenvalue weighted by Gasteiger charge is 2.15. The van der Waals surface area contributed by atoms with Crippen LogP contribution in [0.1, 0.15) is 5.56 Å². The molecule has 0 bridgehead atoms. The van der Waals surface area contributed by atoms with Gasteiger partial charge in [-0.05, 0) is 12.1 Å². The smallest absolute Gasteiger partial charge is 0.250 e. The molecule has 5 aromatic rings. The van der Waals surface area contributed by atoms with Crippen molar-refractivity contribution in [3.05, 3.63) is 115 Å². The third-order valence-electron chi connectivity index (χ3n) is 5.60. The van der Waals surface area contributed by atoms with Crippen molar-refractivity contribution in [2.24, 2.45) is 5.10 Å². The van der Waals surface area contributed by atoms with Gasteiger partial charge in [0, 0.05) is 29.4 Å². The molecule has 1 amide bonds. The van der Waals surface area contributed by atoms with E-state index in [9.17, 15) is 4.79 Å². The third kappa shape index (κ3) is 5.79. The van der Waals surface area contributed by atoms with Crippen LogP contribution in [0, 0.1) is 0 Å². The summed E-state index contributed by atoms with van der Waals surface area (Å²) in [6, 6.07) is 29.5. The fourth-order valence-electron chi connectivity index (χ4n) is 3.84. The normalized spacial score (nSPS) is 11.1. The first kappa shape index (κ1) is 24.9. The summed E-state index contributed by atoms with van der Waals surface area (Å²) in [5, 5.41) is 18.2. The van der Waals surface area contributed by atoms with Crippen molar-refractivity contribution in [1.82, 2.24) is 30.0 Å². The van der Waals surface area contributed by atoms with E-state index in [1.807, 2.05) is 102 Å². The zero-order valence-corrected chi connectivity index (χ0v) is 21.3. The Morgan fingerprint density at radius 1 is 0.921 bits per heavy atom. The molecule has 8 nitrogen and oxygen atoms in total. The standard InChI is InChI=1S/C29H25N7OS/c1-2-18-35-28(23-14-8-4-9-15-23)32-33-29(35)38-21-26(37)31-30-19-24-20-36(25-16-10-5-11-17-25)34-27(24)22-12-6-3-7-13-22/h2-17,19-20H,1,18,21H2,(H,31,37). The van der Waals surface area contributed by atoms with Crippen LogP contribution in [0.15, 0.2) is 120 Å². The van der Waals surface area contributed by atoms with Gasteiger partial charge in [0.05, 0.1) is 17.7 Å². The summed E-state index contributed by atoms with van der Waals surface area (Å²) >= 11 is 1.30. The van der Waals surface area contributed by atoms with Gasteiger partial charge in [0.1, 0.15) is 5.69 Å². The number of hydrogen-bond acceptors (Lipinski definition) is 6. The Morgan fingerprint density at radius 2 is 1.58 bits per heavy atom. The van der Waals surface area contributed by atoms with Gasteiger partial charge in [-0.2, -0.15) is 10.2 Å². The van der Waals surface area contributed by atoms with E-state index in [1.54, 1.807) is 17.0 Å². The first-order chi connectivity index (χ1) is 18.7. The topological polar surface area (TPSA) is 90.0 Å². The Bertz CT molecular complexity index is 1540. The Hall–Kier alpha value is -4.76. The highest BCUT2D eigenvalue weighted by atomic mass is 32.2. The molecule has 0 fully saturated rings. The summed E-state index contributed by atoms with van der Waals surface area (Å²) in [7, 11) is 0. The van der Waals surface area contributed by atoms with E-state index >= 15 is 0 Å². The molecule has 1 N–H and O–H groups in total.